The van der Waals surface area contributed by atoms with Crippen LogP contribution in [0.4, 0.5) is 10.1 Å². The van der Waals surface area contributed by atoms with Crippen molar-refractivity contribution in [3.05, 3.63) is 104 Å². The van der Waals surface area contributed by atoms with Crippen molar-refractivity contribution >= 4 is 17.5 Å². The summed E-state index contributed by atoms with van der Waals surface area (Å²) in [5, 5.41) is 8.95. The fourth-order valence-electron chi connectivity index (χ4n) is 5.78. The second-order valence-electron chi connectivity index (χ2n) is 11.3. The van der Waals surface area contributed by atoms with Crippen LogP contribution in [0, 0.1) is 19.7 Å². The Morgan fingerprint density at radius 2 is 1.71 bits per heavy atom. The average Bonchev–Trinajstić information content (AvgIpc) is 3.44. The molecule has 1 saturated heterocycles. The maximum Gasteiger partial charge on any atom is 0.330 e. The smallest absolute Gasteiger partial charge is 0.330 e. The minimum Gasteiger partial charge on any atom is -0.496 e. The van der Waals surface area contributed by atoms with Crippen LogP contribution in [-0.4, -0.2) is 40.6 Å². The summed E-state index contributed by atoms with van der Waals surface area (Å²) in [4.78, 5) is 49.3. The fraction of sp³-hybridized carbons (Fsp3) is 0.294. The first-order valence-corrected chi connectivity index (χ1v) is 14.6. The number of aryl methyl sites for hydroxylation is 1. The molecule has 1 aliphatic heterocycles. The normalized spacial score (nSPS) is 14.4. The van der Waals surface area contributed by atoms with E-state index in [1.807, 2.05) is 50.2 Å². The maximum atomic E-state index is 15.5. The van der Waals surface area contributed by atoms with Gasteiger partial charge in [-0.05, 0) is 71.8 Å². The van der Waals surface area contributed by atoms with Crippen LogP contribution in [0.3, 0.4) is 0 Å². The van der Waals surface area contributed by atoms with Crippen LogP contribution in [-0.2, 0) is 25.4 Å². The van der Waals surface area contributed by atoms with E-state index in [0.29, 0.717) is 35.5 Å². The molecule has 2 amide bonds. The number of ether oxygens (including phenoxy) is 1. The van der Waals surface area contributed by atoms with Crippen molar-refractivity contribution in [1.82, 2.24) is 19.8 Å². The molecule has 2 heterocycles. The van der Waals surface area contributed by atoms with Gasteiger partial charge in [0.1, 0.15) is 17.1 Å². The Balaban J connectivity index is 1.42. The Bertz CT molecular complexity index is 1930. The number of hydrogen-bond acceptors (Lipinski definition) is 6. The molecule has 3 aromatic carbocycles. The molecule has 1 aliphatic rings. The summed E-state index contributed by atoms with van der Waals surface area (Å²) in [7, 11) is 4.32. The quantitative estimate of drug-likeness (QED) is 0.264. The number of rotatable bonds is 9. The first-order valence-electron chi connectivity index (χ1n) is 14.6. The van der Waals surface area contributed by atoms with Crippen molar-refractivity contribution in [3.8, 4) is 28.0 Å². The van der Waals surface area contributed by atoms with Gasteiger partial charge in [0, 0.05) is 57.1 Å². The van der Waals surface area contributed by atoms with E-state index in [0.717, 1.165) is 38.8 Å². The first kappa shape index (κ1) is 31.4. The average molecular weight is 614 g/mol. The number of nitrogens with one attached hydrogen (secondary N) is 3. The highest BCUT2D eigenvalue weighted by Gasteiger charge is 2.22. The van der Waals surface area contributed by atoms with E-state index >= 15 is 4.39 Å². The number of aromatic nitrogens is 2. The Morgan fingerprint density at radius 3 is 2.40 bits per heavy atom. The van der Waals surface area contributed by atoms with Crippen LogP contribution in [0.25, 0.3) is 22.3 Å². The molecule has 0 spiro atoms. The molecule has 0 aliphatic carbocycles. The third-order valence-electron chi connectivity index (χ3n) is 8.36. The molecule has 3 N–H and O–H groups in total. The number of anilines is 1. The maximum absolute atomic E-state index is 15.5. The van der Waals surface area contributed by atoms with Gasteiger partial charge in [0.25, 0.3) is 11.5 Å². The van der Waals surface area contributed by atoms with Crippen LogP contribution in [0.2, 0.25) is 0 Å². The molecule has 0 saturated carbocycles. The van der Waals surface area contributed by atoms with E-state index in [-0.39, 0.29) is 24.1 Å². The van der Waals surface area contributed by atoms with Gasteiger partial charge in [-0.15, -0.1) is 0 Å². The topological polar surface area (TPSA) is 123 Å². The Morgan fingerprint density at radius 1 is 1.02 bits per heavy atom. The van der Waals surface area contributed by atoms with Crippen molar-refractivity contribution < 1.29 is 18.7 Å². The second-order valence-corrected chi connectivity index (χ2v) is 11.3. The highest BCUT2D eigenvalue weighted by atomic mass is 19.1. The van der Waals surface area contributed by atoms with Crippen LogP contribution in [0.15, 0.2) is 64.3 Å². The molecule has 0 unspecified atom stereocenters. The molecule has 1 fully saturated rings. The van der Waals surface area contributed by atoms with Gasteiger partial charge in [0.05, 0.1) is 7.11 Å². The monoisotopic (exact) mass is 613 g/mol. The molecule has 234 valence electrons. The lowest BCUT2D eigenvalue weighted by molar-refractivity contribution is -0.119. The highest BCUT2D eigenvalue weighted by Crippen LogP contribution is 2.37. The van der Waals surface area contributed by atoms with Crippen molar-refractivity contribution in [1.29, 1.82) is 0 Å². The molecule has 11 heteroatoms. The van der Waals surface area contributed by atoms with Crippen molar-refractivity contribution in [2.75, 3.05) is 19.0 Å². The van der Waals surface area contributed by atoms with Crippen molar-refractivity contribution in [2.45, 2.75) is 39.3 Å². The van der Waals surface area contributed by atoms with E-state index in [9.17, 15) is 19.2 Å². The number of halogens is 1. The standard InChI is InChI=1S/C34H36FN5O5/c1-19-23(21-14-28(35)26(30(15-21)45-5)17-36-16-22-12-13-31(41)37-22)8-6-9-24(19)25-10-7-11-29(20(25)2)38-32(42)27-18-39(3)34(44)40(4)33(27)43/h6-11,14-15,18,22,36H,12-13,16-17H2,1-5H3,(H,37,41)(H,38,42)/t22-/m0/s1. The van der Waals surface area contributed by atoms with Gasteiger partial charge >= 0.3 is 5.69 Å². The van der Waals surface area contributed by atoms with Gasteiger partial charge in [-0.2, -0.15) is 0 Å². The Hall–Kier alpha value is -5.03. The molecule has 1 aromatic heterocycles. The summed E-state index contributed by atoms with van der Waals surface area (Å²) in [6.45, 7) is 4.62. The van der Waals surface area contributed by atoms with Gasteiger partial charge in [0.2, 0.25) is 5.91 Å². The highest BCUT2D eigenvalue weighted by molar-refractivity contribution is 6.04. The van der Waals surface area contributed by atoms with E-state index in [1.165, 1.54) is 38.0 Å². The Kier molecular flexibility index (Phi) is 9.01. The van der Waals surface area contributed by atoms with E-state index in [2.05, 4.69) is 16.0 Å². The molecule has 1 atom stereocenters. The molecular formula is C34H36FN5O5. The lowest BCUT2D eigenvalue weighted by Gasteiger charge is -2.18. The van der Waals surface area contributed by atoms with Crippen molar-refractivity contribution in [3.63, 3.8) is 0 Å². The molecule has 5 rings (SSSR count). The summed E-state index contributed by atoms with van der Waals surface area (Å²) in [5.41, 5.74) is 4.47. The molecule has 0 bridgehead atoms. The summed E-state index contributed by atoms with van der Waals surface area (Å²) in [5.74, 6) is -0.569. The number of carbonyl (C=O) groups is 2. The zero-order valence-electron chi connectivity index (χ0n) is 25.9. The Labute approximate surface area is 259 Å². The number of nitrogens with zero attached hydrogens (tertiary/aromatic N) is 2. The molecule has 45 heavy (non-hydrogen) atoms. The van der Waals surface area contributed by atoms with E-state index in [1.54, 1.807) is 6.07 Å². The summed E-state index contributed by atoms with van der Waals surface area (Å²) in [6.07, 6.45) is 2.49. The summed E-state index contributed by atoms with van der Waals surface area (Å²) in [6, 6.07) is 14.6. The second kappa shape index (κ2) is 12.9. The zero-order chi connectivity index (χ0) is 32.4. The van der Waals surface area contributed by atoms with Crippen LogP contribution in [0.1, 0.15) is 39.9 Å². The first-order chi connectivity index (χ1) is 21.5. The van der Waals surface area contributed by atoms with Gasteiger partial charge < -0.3 is 25.3 Å². The number of benzene rings is 3. The number of hydrogen-bond donors (Lipinski definition) is 3. The third-order valence-corrected chi connectivity index (χ3v) is 8.36. The van der Waals surface area contributed by atoms with Crippen molar-refractivity contribution in [2.24, 2.45) is 14.1 Å². The van der Waals surface area contributed by atoms with Gasteiger partial charge in [-0.25, -0.2) is 9.18 Å². The molecule has 4 aromatic rings. The zero-order valence-corrected chi connectivity index (χ0v) is 25.9. The number of amides is 2. The number of carbonyl (C=O) groups excluding carboxylic acids is 2. The minimum absolute atomic E-state index is 0.0346. The van der Waals surface area contributed by atoms with Crippen LogP contribution >= 0.6 is 0 Å². The summed E-state index contributed by atoms with van der Waals surface area (Å²) < 4.78 is 23.2. The molecule has 10 nitrogen and oxygen atoms in total. The lowest BCUT2D eigenvalue weighted by atomic mass is 9.90. The largest absolute Gasteiger partial charge is 0.496 e. The van der Waals surface area contributed by atoms with Crippen LogP contribution in [0.5, 0.6) is 5.75 Å². The minimum atomic E-state index is -0.681. The predicted molar refractivity (Wildman–Crippen MR) is 171 cm³/mol. The number of methoxy groups -OCH3 is 1. The van der Waals surface area contributed by atoms with Gasteiger partial charge in [-0.1, -0.05) is 30.3 Å². The van der Waals surface area contributed by atoms with Gasteiger partial charge in [0.15, 0.2) is 0 Å². The molecular weight excluding hydrogens is 577 g/mol. The third kappa shape index (κ3) is 6.30. The van der Waals surface area contributed by atoms with E-state index < -0.39 is 23.0 Å². The summed E-state index contributed by atoms with van der Waals surface area (Å²) >= 11 is 0. The molecule has 0 radical (unpaired) electrons. The van der Waals surface area contributed by atoms with E-state index in [4.69, 9.17) is 4.74 Å². The van der Waals surface area contributed by atoms with Crippen LogP contribution < -0.4 is 31.9 Å². The fourth-order valence-corrected chi connectivity index (χ4v) is 5.78. The SMILES string of the molecule is COc1cc(-c2cccc(-c3cccc(NC(=O)c4cn(C)c(=O)n(C)c4=O)c3C)c2C)cc(F)c1CNC[C@@H]1CCC(=O)N1. The lowest BCUT2D eigenvalue weighted by Crippen LogP contribution is -2.40. The van der Waals surface area contributed by atoms with Gasteiger partial charge in [-0.3, -0.25) is 19.0 Å². The predicted octanol–water partition coefficient (Wildman–Crippen LogP) is 3.80.